The van der Waals surface area contributed by atoms with Gasteiger partial charge in [-0.15, -0.1) is 0 Å². The fraction of sp³-hybridized carbons (Fsp3) is 0.423. The Balaban J connectivity index is 1.48. The molecule has 1 heterocycles. The molecule has 3 N–H and O–H groups in total. The highest BCUT2D eigenvalue weighted by Crippen LogP contribution is 2.18. The number of hydrogen-bond acceptors (Lipinski definition) is 5. The van der Waals surface area contributed by atoms with E-state index >= 15 is 0 Å². The van der Waals surface area contributed by atoms with E-state index in [1.165, 1.54) is 0 Å². The molecule has 0 aromatic heterocycles. The first-order valence-corrected chi connectivity index (χ1v) is 11.6. The second-order valence-electron chi connectivity index (χ2n) is 8.84. The van der Waals surface area contributed by atoms with Gasteiger partial charge in [0.1, 0.15) is 25.3 Å². The minimum absolute atomic E-state index is 0.0272. The minimum Gasteiger partial charge on any atom is -0.445 e. The molecule has 1 unspecified atom stereocenters. The number of carbonyl (C=O) groups excluding carboxylic acids is 3. The maximum Gasteiger partial charge on any atom is 0.407 e. The Bertz CT molecular complexity index is 932. The number of alkyl carbamates (subject to hydrolysis) is 1. The Morgan fingerprint density at radius 2 is 1.59 bits per heavy atom. The molecule has 2 aromatic rings. The molecule has 34 heavy (non-hydrogen) atoms. The summed E-state index contributed by atoms with van der Waals surface area (Å²) >= 11 is 0. The van der Waals surface area contributed by atoms with E-state index in [0.717, 1.165) is 11.1 Å². The molecule has 2 aromatic carbocycles. The van der Waals surface area contributed by atoms with Crippen LogP contribution in [0.25, 0.3) is 0 Å². The van der Waals surface area contributed by atoms with Crippen LogP contribution in [0, 0.1) is 5.92 Å². The fourth-order valence-corrected chi connectivity index (χ4v) is 3.59. The first kappa shape index (κ1) is 25.2. The monoisotopic (exact) mass is 467 g/mol. The molecule has 0 spiro atoms. The third-order valence-electron chi connectivity index (χ3n) is 5.40. The standard InChI is InChI=1S/C26H33N3O5/c1-18(2)13-22(25(31)29-21(23-17-33-23)14-19-9-5-3-6-10-19)28-24(30)15-27-26(32)34-16-20-11-7-4-8-12-20/h3-12,18,21-23H,13-17H2,1-2H3,(H,27,32)(H,28,30)(H,29,31)/t21-,22+,23?/m1/s1. The van der Waals surface area contributed by atoms with E-state index in [4.69, 9.17) is 9.47 Å². The van der Waals surface area contributed by atoms with Crippen molar-refractivity contribution in [3.05, 3.63) is 71.8 Å². The van der Waals surface area contributed by atoms with Crippen LogP contribution < -0.4 is 16.0 Å². The van der Waals surface area contributed by atoms with Crippen molar-refractivity contribution in [2.45, 2.75) is 51.5 Å². The number of nitrogens with one attached hydrogen (secondary N) is 3. The zero-order valence-corrected chi connectivity index (χ0v) is 19.7. The minimum atomic E-state index is -0.716. The Morgan fingerprint density at radius 1 is 0.971 bits per heavy atom. The highest BCUT2D eigenvalue weighted by Gasteiger charge is 2.35. The number of epoxide rings is 1. The van der Waals surface area contributed by atoms with Gasteiger partial charge in [0.25, 0.3) is 0 Å². The van der Waals surface area contributed by atoms with Gasteiger partial charge in [0.2, 0.25) is 11.8 Å². The molecule has 0 bridgehead atoms. The van der Waals surface area contributed by atoms with Crippen LogP contribution in [0.3, 0.4) is 0 Å². The first-order valence-electron chi connectivity index (χ1n) is 11.6. The molecule has 182 valence electrons. The van der Waals surface area contributed by atoms with Gasteiger partial charge in [-0.3, -0.25) is 9.59 Å². The van der Waals surface area contributed by atoms with Crippen LogP contribution in [0.2, 0.25) is 0 Å². The van der Waals surface area contributed by atoms with Crippen LogP contribution in [-0.4, -0.2) is 49.2 Å². The molecular weight excluding hydrogens is 434 g/mol. The van der Waals surface area contributed by atoms with Crippen molar-refractivity contribution in [1.29, 1.82) is 0 Å². The van der Waals surface area contributed by atoms with Crippen molar-refractivity contribution >= 4 is 17.9 Å². The van der Waals surface area contributed by atoms with Gasteiger partial charge < -0.3 is 25.4 Å². The van der Waals surface area contributed by atoms with Crippen LogP contribution in [0.1, 0.15) is 31.4 Å². The van der Waals surface area contributed by atoms with Crippen molar-refractivity contribution < 1.29 is 23.9 Å². The van der Waals surface area contributed by atoms with E-state index in [1.807, 2.05) is 74.5 Å². The smallest absolute Gasteiger partial charge is 0.407 e. The first-order chi connectivity index (χ1) is 16.4. The number of benzene rings is 2. The number of carbonyl (C=O) groups is 3. The molecular formula is C26H33N3O5. The van der Waals surface area contributed by atoms with Crippen molar-refractivity contribution in [1.82, 2.24) is 16.0 Å². The molecule has 3 rings (SSSR count). The third kappa shape index (κ3) is 8.86. The second kappa shape index (κ2) is 12.7. The molecule has 8 heteroatoms. The van der Waals surface area contributed by atoms with E-state index in [-0.39, 0.29) is 37.1 Å². The topological polar surface area (TPSA) is 109 Å². The number of hydrogen-bond donors (Lipinski definition) is 3. The van der Waals surface area contributed by atoms with Gasteiger partial charge in [-0.05, 0) is 29.9 Å². The van der Waals surface area contributed by atoms with Crippen molar-refractivity contribution in [3.8, 4) is 0 Å². The lowest BCUT2D eigenvalue weighted by atomic mass is 10.0. The average molecular weight is 468 g/mol. The Hall–Kier alpha value is -3.39. The molecule has 0 radical (unpaired) electrons. The maximum absolute atomic E-state index is 13.1. The average Bonchev–Trinajstić information content (AvgIpc) is 3.67. The summed E-state index contributed by atoms with van der Waals surface area (Å²) in [4.78, 5) is 37.4. The highest BCUT2D eigenvalue weighted by molar-refractivity contribution is 5.89. The summed E-state index contributed by atoms with van der Waals surface area (Å²) in [5.41, 5.74) is 1.95. The molecule has 8 nitrogen and oxygen atoms in total. The van der Waals surface area contributed by atoms with Gasteiger partial charge in [-0.25, -0.2) is 4.79 Å². The number of rotatable bonds is 12. The largest absolute Gasteiger partial charge is 0.445 e. The van der Waals surface area contributed by atoms with E-state index in [2.05, 4.69) is 16.0 Å². The molecule has 3 amide bonds. The lowest BCUT2D eigenvalue weighted by Gasteiger charge is -2.24. The van der Waals surface area contributed by atoms with E-state index < -0.39 is 18.0 Å². The Morgan fingerprint density at radius 3 is 2.18 bits per heavy atom. The molecule has 1 aliphatic rings. The summed E-state index contributed by atoms with van der Waals surface area (Å²) in [5, 5.41) is 8.22. The Kier molecular flexibility index (Phi) is 9.46. The summed E-state index contributed by atoms with van der Waals surface area (Å²) in [6.45, 7) is 4.40. The SMILES string of the molecule is CC(C)C[C@H](NC(=O)CNC(=O)OCc1ccccc1)C(=O)N[C@H](Cc1ccccc1)C1CO1. The lowest BCUT2D eigenvalue weighted by Crippen LogP contribution is -2.53. The van der Waals surface area contributed by atoms with Gasteiger partial charge in [0.15, 0.2) is 0 Å². The molecule has 0 aliphatic carbocycles. The fourth-order valence-electron chi connectivity index (χ4n) is 3.59. The van der Waals surface area contributed by atoms with Crippen LogP contribution in [0.5, 0.6) is 0 Å². The maximum atomic E-state index is 13.1. The highest BCUT2D eigenvalue weighted by atomic mass is 16.6. The second-order valence-corrected chi connectivity index (χ2v) is 8.84. The predicted octanol–water partition coefficient (Wildman–Crippen LogP) is 2.57. The summed E-state index contributed by atoms with van der Waals surface area (Å²) in [7, 11) is 0. The molecule has 1 fully saturated rings. The van der Waals surface area contributed by atoms with Crippen LogP contribution in [0.4, 0.5) is 4.79 Å². The molecule has 1 saturated heterocycles. The van der Waals surface area contributed by atoms with Gasteiger partial charge in [-0.1, -0.05) is 74.5 Å². The van der Waals surface area contributed by atoms with Crippen LogP contribution in [-0.2, 0) is 32.1 Å². The normalized spacial score (nSPS) is 16.3. The van der Waals surface area contributed by atoms with Crippen LogP contribution in [0.15, 0.2) is 60.7 Å². The van der Waals surface area contributed by atoms with Crippen molar-refractivity contribution in [2.75, 3.05) is 13.2 Å². The molecule has 0 saturated carbocycles. The lowest BCUT2D eigenvalue weighted by molar-refractivity contribution is -0.129. The molecule has 1 aliphatic heterocycles. The predicted molar refractivity (Wildman–Crippen MR) is 128 cm³/mol. The van der Waals surface area contributed by atoms with Crippen molar-refractivity contribution in [2.24, 2.45) is 5.92 Å². The van der Waals surface area contributed by atoms with Crippen LogP contribution >= 0.6 is 0 Å². The zero-order chi connectivity index (χ0) is 24.3. The number of ether oxygens (including phenoxy) is 2. The van der Waals surface area contributed by atoms with Gasteiger partial charge >= 0.3 is 6.09 Å². The van der Waals surface area contributed by atoms with E-state index in [9.17, 15) is 14.4 Å². The van der Waals surface area contributed by atoms with E-state index in [0.29, 0.717) is 19.4 Å². The quantitative estimate of drug-likeness (QED) is 0.416. The van der Waals surface area contributed by atoms with Crippen molar-refractivity contribution in [3.63, 3.8) is 0 Å². The summed E-state index contributed by atoms with van der Waals surface area (Å²) < 4.78 is 10.6. The third-order valence-corrected chi connectivity index (χ3v) is 5.40. The van der Waals surface area contributed by atoms with Gasteiger partial charge in [0, 0.05) is 0 Å². The van der Waals surface area contributed by atoms with Gasteiger partial charge in [0.05, 0.1) is 12.6 Å². The Labute approximate surface area is 200 Å². The number of amides is 3. The van der Waals surface area contributed by atoms with E-state index in [1.54, 1.807) is 0 Å². The summed E-state index contributed by atoms with van der Waals surface area (Å²) in [5.74, 6) is -0.533. The zero-order valence-electron chi connectivity index (χ0n) is 19.7. The summed E-state index contributed by atoms with van der Waals surface area (Å²) in [6, 6.07) is 18.3. The molecule has 3 atom stereocenters. The van der Waals surface area contributed by atoms with Gasteiger partial charge in [-0.2, -0.15) is 0 Å². The summed E-state index contributed by atoms with van der Waals surface area (Å²) in [6.07, 6.45) is 0.395.